The average Bonchev–Trinajstić information content (AvgIpc) is 2.56. The van der Waals surface area contributed by atoms with Crippen molar-refractivity contribution in [3.8, 4) is 0 Å². The molecule has 1 N–H and O–H groups in total. The number of nitrogens with one attached hydrogen (secondary N) is 1. The van der Waals surface area contributed by atoms with E-state index < -0.39 is 0 Å². The van der Waals surface area contributed by atoms with E-state index >= 15 is 0 Å². The lowest BCUT2D eigenvalue weighted by atomic mass is 10.2. The van der Waals surface area contributed by atoms with Gasteiger partial charge in [0, 0.05) is 30.5 Å². The molecule has 0 atom stereocenters. The Labute approximate surface area is 141 Å². The first-order valence-electron chi connectivity index (χ1n) is 7.14. The van der Waals surface area contributed by atoms with Gasteiger partial charge in [0.1, 0.15) is 0 Å². The zero-order chi connectivity index (χ0) is 15.6. The van der Waals surface area contributed by atoms with Gasteiger partial charge >= 0.3 is 0 Å². The van der Waals surface area contributed by atoms with E-state index in [-0.39, 0.29) is 0 Å². The molecule has 0 radical (unpaired) electrons. The van der Waals surface area contributed by atoms with Crippen molar-refractivity contribution in [1.82, 2.24) is 0 Å². The summed E-state index contributed by atoms with van der Waals surface area (Å²) in [7, 11) is 0. The lowest BCUT2D eigenvalue weighted by Gasteiger charge is -2.22. The van der Waals surface area contributed by atoms with Gasteiger partial charge in [-0.15, -0.1) is 23.2 Å². The zero-order valence-electron chi connectivity index (χ0n) is 12.3. The minimum absolute atomic E-state index is 0.584. The predicted molar refractivity (Wildman–Crippen MR) is 97.8 cm³/mol. The first-order chi connectivity index (χ1) is 10.8. The molecule has 0 unspecified atom stereocenters. The van der Waals surface area contributed by atoms with E-state index in [9.17, 15) is 0 Å². The quantitative estimate of drug-likeness (QED) is 0.439. The van der Waals surface area contributed by atoms with Crippen molar-refractivity contribution in [2.24, 2.45) is 5.10 Å². The molecule has 22 heavy (non-hydrogen) atoms. The summed E-state index contributed by atoms with van der Waals surface area (Å²) in [6.45, 7) is 1.58. The van der Waals surface area contributed by atoms with Gasteiger partial charge in [-0.3, -0.25) is 5.43 Å². The van der Waals surface area contributed by atoms with Crippen LogP contribution in [-0.4, -0.2) is 31.1 Å². The monoisotopic (exact) mass is 335 g/mol. The SMILES string of the molecule is ClCCN(CCCl)c1ccc(C=NNc2ccccc2)cc1. The summed E-state index contributed by atoms with van der Waals surface area (Å²) >= 11 is 11.7. The predicted octanol–water partition coefficient (Wildman–Crippen LogP) is 4.42. The Bertz CT molecular complexity index is 564. The standard InChI is InChI=1S/C17H19Cl2N3/c18-10-12-22(13-11-19)17-8-6-15(7-9-17)14-20-21-16-4-2-1-3-5-16/h1-9,14,21H,10-13H2. The second kappa shape index (κ2) is 9.34. The highest BCUT2D eigenvalue weighted by molar-refractivity contribution is 6.18. The highest BCUT2D eigenvalue weighted by Gasteiger charge is 2.04. The lowest BCUT2D eigenvalue weighted by molar-refractivity contribution is 0.874. The highest BCUT2D eigenvalue weighted by Crippen LogP contribution is 2.15. The van der Waals surface area contributed by atoms with Gasteiger partial charge in [0.25, 0.3) is 0 Å². The fourth-order valence-corrected chi connectivity index (χ4v) is 2.45. The minimum atomic E-state index is 0.584. The van der Waals surface area contributed by atoms with E-state index in [4.69, 9.17) is 23.2 Å². The van der Waals surface area contributed by atoms with E-state index in [1.807, 2.05) is 42.5 Å². The third-order valence-electron chi connectivity index (χ3n) is 3.15. The Morgan fingerprint density at radius 3 is 2.14 bits per heavy atom. The topological polar surface area (TPSA) is 27.6 Å². The smallest absolute Gasteiger partial charge is 0.0561 e. The number of halogens is 2. The number of benzene rings is 2. The van der Waals surface area contributed by atoms with E-state index in [1.54, 1.807) is 6.21 Å². The summed E-state index contributed by atoms with van der Waals surface area (Å²) in [5.74, 6) is 1.17. The molecule has 0 aliphatic heterocycles. The Morgan fingerprint density at radius 2 is 1.55 bits per heavy atom. The van der Waals surface area contributed by atoms with Crippen molar-refractivity contribution in [3.63, 3.8) is 0 Å². The number of hydrogen-bond donors (Lipinski definition) is 1. The van der Waals surface area contributed by atoms with Gasteiger partial charge in [-0.05, 0) is 29.8 Å². The molecule has 0 aliphatic rings. The maximum atomic E-state index is 5.83. The van der Waals surface area contributed by atoms with Crippen molar-refractivity contribution < 1.29 is 0 Å². The van der Waals surface area contributed by atoms with Gasteiger partial charge < -0.3 is 4.90 Å². The van der Waals surface area contributed by atoms with E-state index in [1.165, 1.54) is 0 Å². The van der Waals surface area contributed by atoms with Crippen molar-refractivity contribution >= 4 is 40.8 Å². The normalized spacial score (nSPS) is 10.8. The highest BCUT2D eigenvalue weighted by atomic mass is 35.5. The number of para-hydroxylation sites is 1. The summed E-state index contributed by atoms with van der Waals surface area (Å²) in [5, 5.41) is 4.23. The molecule has 0 fully saturated rings. The molecule has 0 bridgehead atoms. The summed E-state index contributed by atoms with van der Waals surface area (Å²) in [6.07, 6.45) is 1.80. The lowest BCUT2D eigenvalue weighted by Crippen LogP contribution is -2.27. The number of alkyl halides is 2. The van der Waals surface area contributed by atoms with Gasteiger partial charge in [-0.25, -0.2) is 0 Å². The van der Waals surface area contributed by atoms with Crippen LogP contribution >= 0.6 is 23.2 Å². The van der Waals surface area contributed by atoms with Crippen LogP contribution < -0.4 is 10.3 Å². The zero-order valence-corrected chi connectivity index (χ0v) is 13.8. The van der Waals surface area contributed by atoms with Crippen LogP contribution in [0.25, 0.3) is 0 Å². The molecule has 0 spiro atoms. The fourth-order valence-electron chi connectivity index (χ4n) is 2.04. The second-order valence-electron chi connectivity index (χ2n) is 4.69. The summed E-state index contributed by atoms with van der Waals surface area (Å²) in [6, 6.07) is 18.0. The Kier molecular flexibility index (Phi) is 7.07. The third kappa shape index (κ3) is 5.24. The number of anilines is 2. The molecule has 0 saturated heterocycles. The first-order valence-corrected chi connectivity index (χ1v) is 8.21. The van der Waals surface area contributed by atoms with Crippen LogP contribution in [0, 0.1) is 0 Å². The Hall–Kier alpha value is -1.71. The van der Waals surface area contributed by atoms with Gasteiger partial charge in [0.2, 0.25) is 0 Å². The van der Waals surface area contributed by atoms with Crippen LogP contribution in [0.4, 0.5) is 11.4 Å². The molecular weight excluding hydrogens is 317 g/mol. The fraction of sp³-hybridized carbons (Fsp3) is 0.235. The van der Waals surface area contributed by atoms with Crippen LogP contribution in [0.15, 0.2) is 59.7 Å². The van der Waals surface area contributed by atoms with Crippen LogP contribution in [0.3, 0.4) is 0 Å². The third-order valence-corrected chi connectivity index (χ3v) is 3.49. The van der Waals surface area contributed by atoms with E-state index in [2.05, 4.69) is 27.6 Å². The summed E-state index contributed by atoms with van der Waals surface area (Å²) < 4.78 is 0. The van der Waals surface area contributed by atoms with Gasteiger partial charge in [0.15, 0.2) is 0 Å². The molecule has 5 heteroatoms. The Morgan fingerprint density at radius 1 is 0.909 bits per heavy atom. The maximum absolute atomic E-state index is 5.83. The Balaban J connectivity index is 1.96. The van der Waals surface area contributed by atoms with Crippen LogP contribution in [0.1, 0.15) is 5.56 Å². The average molecular weight is 336 g/mol. The summed E-state index contributed by atoms with van der Waals surface area (Å²) in [4.78, 5) is 2.17. The van der Waals surface area contributed by atoms with Crippen molar-refractivity contribution in [2.45, 2.75) is 0 Å². The number of hydrogen-bond acceptors (Lipinski definition) is 3. The molecule has 0 heterocycles. The van der Waals surface area contributed by atoms with Gasteiger partial charge in [-0.1, -0.05) is 30.3 Å². The molecule has 0 aromatic heterocycles. The largest absolute Gasteiger partial charge is 0.369 e. The molecule has 0 amide bonds. The van der Waals surface area contributed by atoms with E-state index in [0.29, 0.717) is 11.8 Å². The number of hydrazone groups is 1. The summed E-state index contributed by atoms with van der Waals surface area (Å²) in [5.41, 5.74) is 6.11. The maximum Gasteiger partial charge on any atom is 0.0561 e. The molecule has 2 rings (SSSR count). The van der Waals surface area contributed by atoms with Crippen LogP contribution in [0.2, 0.25) is 0 Å². The van der Waals surface area contributed by atoms with Crippen molar-refractivity contribution in [1.29, 1.82) is 0 Å². The molecule has 0 saturated carbocycles. The van der Waals surface area contributed by atoms with Crippen LogP contribution in [0.5, 0.6) is 0 Å². The first kappa shape index (κ1) is 16.7. The van der Waals surface area contributed by atoms with Crippen molar-refractivity contribution in [2.75, 3.05) is 35.2 Å². The molecule has 0 aliphatic carbocycles. The van der Waals surface area contributed by atoms with E-state index in [0.717, 1.165) is 30.0 Å². The van der Waals surface area contributed by atoms with Crippen molar-refractivity contribution in [3.05, 3.63) is 60.2 Å². The molecule has 2 aromatic carbocycles. The van der Waals surface area contributed by atoms with Gasteiger partial charge in [0.05, 0.1) is 11.9 Å². The molecule has 3 nitrogen and oxygen atoms in total. The molecular formula is C17H19Cl2N3. The van der Waals surface area contributed by atoms with Crippen LogP contribution in [-0.2, 0) is 0 Å². The number of rotatable bonds is 8. The molecule has 2 aromatic rings. The second-order valence-corrected chi connectivity index (χ2v) is 5.45. The van der Waals surface area contributed by atoms with Gasteiger partial charge in [-0.2, -0.15) is 5.10 Å². The minimum Gasteiger partial charge on any atom is -0.369 e. The molecule has 116 valence electrons. The number of nitrogens with zero attached hydrogens (tertiary/aromatic N) is 2.